The van der Waals surface area contributed by atoms with E-state index < -0.39 is 0 Å². The van der Waals surface area contributed by atoms with Crippen LogP contribution in [0.4, 0.5) is 0 Å². The van der Waals surface area contributed by atoms with Crippen molar-refractivity contribution in [2.75, 3.05) is 32.7 Å². The predicted molar refractivity (Wildman–Crippen MR) is 99.8 cm³/mol. The van der Waals surface area contributed by atoms with Gasteiger partial charge in [-0.3, -0.25) is 14.5 Å². The maximum atomic E-state index is 12.4. The number of piperazine rings is 1. The van der Waals surface area contributed by atoms with Gasteiger partial charge in [-0.15, -0.1) is 12.4 Å². The molecule has 0 saturated carbocycles. The van der Waals surface area contributed by atoms with Crippen LogP contribution >= 0.6 is 12.4 Å². The van der Waals surface area contributed by atoms with Gasteiger partial charge in [0.2, 0.25) is 0 Å². The molecule has 1 saturated heterocycles. The number of unbranched alkanes of at least 4 members (excludes halogenated alkanes) is 2. The lowest BCUT2D eigenvalue weighted by Crippen LogP contribution is -2.49. The minimum absolute atomic E-state index is 0. The van der Waals surface area contributed by atoms with E-state index in [1.807, 2.05) is 35.2 Å². The zero-order valence-electron chi connectivity index (χ0n) is 14.6. The highest BCUT2D eigenvalue weighted by Gasteiger charge is 2.22. The molecule has 134 valence electrons. The molecule has 1 aromatic rings. The largest absolute Gasteiger partial charge is 0.336 e. The molecular weight excluding hydrogens is 324 g/mol. The smallest absolute Gasteiger partial charge is 0.253 e. The van der Waals surface area contributed by atoms with E-state index in [1.165, 1.54) is 0 Å². The van der Waals surface area contributed by atoms with E-state index in [0.717, 1.165) is 64.0 Å². The fraction of sp³-hybridized carbons (Fsp3) is 0.579. The Morgan fingerprint density at radius 3 is 2.25 bits per heavy atom. The zero-order chi connectivity index (χ0) is 16.5. The lowest BCUT2D eigenvalue weighted by atomic mass is 10.1. The van der Waals surface area contributed by atoms with Gasteiger partial charge in [-0.2, -0.15) is 0 Å². The summed E-state index contributed by atoms with van der Waals surface area (Å²) in [5.74, 6) is 0.488. The fourth-order valence-electron chi connectivity index (χ4n) is 2.92. The number of hydrogen-bond acceptors (Lipinski definition) is 3. The van der Waals surface area contributed by atoms with Gasteiger partial charge < -0.3 is 4.90 Å². The van der Waals surface area contributed by atoms with Crippen molar-refractivity contribution >= 4 is 24.1 Å². The minimum atomic E-state index is 0. The molecule has 0 bridgehead atoms. The van der Waals surface area contributed by atoms with Gasteiger partial charge in [-0.1, -0.05) is 38.0 Å². The number of hydrogen-bond donors (Lipinski definition) is 0. The number of amides is 1. The van der Waals surface area contributed by atoms with Crippen molar-refractivity contribution in [3.63, 3.8) is 0 Å². The van der Waals surface area contributed by atoms with Gasteiger partial charge in [-0.05, 0) is 18.6 Å². The Bertz CT molecular complexity index is 499. The van der Waals surface area contributed by atoms with Crippen LogP contribution in [0.3, 0.4) is 0 Å². The van der Waals surface area contributed by atoms with Crippen LogP contribution in [0.1, 0.15) is 49.4 Å². The van der Waals surface area contributed by atoms with Crippen molar-refractivity contribution in [2.24, 2.45) is 0 Å². The summed E-state index contributed by atoms with van der Waals surface area (Å²) in [5.41, 5.74) is 0.757. The third-order valence-corrected chi connectivity index (χ3v) is 4.45. The molecule has 2 rings (SSSR count). The van der Waals surface area contributed by atoms with Gasteiger partial charge in [0.25, 0.3) is 5.91 Å². The molecule has 0 spiro atoms. The number of carbonyl (C=O) groups is 2. The number of carbonyl (C=O) groups excluding carboxylic acids is 2. The highest BCUT2D eigenvalue weighted by molar-refractivity contribution is 5.94. The SMILES string of the molecule is CCCCCC(=O)CCN1CCN(C(=O)c2ccccc2)CC1.Cl. The third-order valence-electron chi connectivity index (χ3n) is 4.45. The van der Waals surface area contributed by atoms with Crippen LogP contribution in [0, 0.1) is 0 Å². The number of halogens is 1. The quantitative estimate of drug-likeness (QED) is 0.673. The van der Waals surface area contributed by atoms with Gasteiger partial charge in [-0.25, -0.2) is 0 Å². The Morgan fingerprint density at radius 2 is 1.62 bits per heavy atom. The molecule has 0 radical (unpaired) electrons. The first-order valence-corrected chi connectivity index (χ1v) is 8.79. The van der Waals surface area contributed by atoms with Crippen LogP contribution in [0.5, 0.6) is 0 Å². The Morgan fingerprint density at radius 1 is 0.958 bits per heavy atom. The molecule has 0 atom stereocenters. The molecule has 0 N–H and O–H groups in total. The van der Waals surface area contributed by atoms with Gasteiger partial charge in [0.15, 0.2) is 0 Å². The number of Topliss-reactive ketones (excluding diaryl/α,β-unsaturated/α-hetero) is 1. The summed E-state index contributed by atoms with van der Waals surface area (Å²) in [6, 6.07) is 9.45. The third kappa shape index (κ3) is 6.62. The van der Waals surface area contributed by atoms with Gasteiger partial charge in [0.1, 0.15) is 5.78 Å². The number of rotatable bonds is 8. The summed E-state index contributed by atoms with van der Waals surface area (Å²) in [6.45, 7) is 6.20. The van der Waals surface area contributed by atoms with Gasteiger partial charge in [0.05, 0.1) is 0 Å². The summed E-state index contributed by atoms with van der Waals surface area (Å²) in [6.07, 6.45) is 4.70. The topological polar surface area (TPSA) is 40.6 Å². The molecule has 1 heterocycles. The number of nitrogens with zero attached hydrogens (tertiary/aromatic N) is 2. The Hall–Kier alpha value is -1.39. The van der Waals surface area contributed by atoms with Crippen molar-refractivity contribution in [3.05, 3.63) is 35.9 Å². The maximum absolute atomic E-state index is 12.4. The van der Waals surface area contributed by atoms with Crippen LogP contribution in [-0.2, 0) is 4.79 Å². The van der Waals surface area contributed by atoms with Crippen molar-refractivity contribution in [1.82, 2.24) is 9.80 Å². The molecule has 1 fully saturated rings. The first-order chi connectivity index (χ1) is 11.2. The molecule has 5 heteroatoms. The standard InChI is InChI=1S/C19H28N2O2.ClH/c1-2-3-5-10-18(22)11-12-20-13-15-21(16-14-20)19(23)17-8-6-4-7-9-17;/h4,6-9H,2-3,5,10-16H2,1H3;1H. The summed E-state index contributed by atoms with van der Waals surface area (Å²) in [5, 5.41) is 0. The summed E-state index contributed by atoms with van der Waals surface area (Å²) in [4.78, 5) is 28.4. The second kappa shape index (κ2) is 11.2. The molecule has 1 aliphatic rings. The fourth-order valence-corrected chi connectivity index (χ4v) is 2.92. The number of benzene rings is 1. The monoisotopic (exact) mass is 352 g/mol. The van der Waals surface area contributed by atoms with E-state index in [0.29, 0.717) is 12.2 Å². The molecule has 4 nitrogen and oxygen atoms in total. The molecule has 0 aliphatic carbocycles. The minimum Gasteiger partial charge on any atom is -0.336 e. The van der Waals surface area contributed by atoms with Crippen LogP contribution < -0.4 is 0 Å². The second-order valence-electron chi connectivity index (χ2n) is 6.25. The number of ketones is 1. The first kappa shape index (κ1) is 20.7. The summed E-state index contributed by atoms with van der Waals surface area (Å²) >= 11 is 0. The van der Waals surface area contributed by atoms with Gasteiger partial charge in [0, 0.05) is 51.1 Å². The van der Waals surface area contributed by atoms with E-state index in [2.05, 4.69) is 11.8 Å². The predicted octanol–water partition coefficient (Wildman–Crippen LogP) is 3.41. The maximum Gasteiger partial charge on any atom is 0.253 e. The van der Waals surface area contributed by atoms with E-state index in [1.54, 1.807) is 0 Å². The van der Waals surface area contributed by atoms with E-state index in [4.69, 9.17) is 0 Å². The van der Waals surface area contributed by atoms with Crippen LogP contribution in [0.2, 0.25) is 0 Å². The molecule has 24 heavy (non-hydrogen) atoms. The van der Waals surface area contributed by atoms with E-state index >= 15 is 0 Å². The Balaban J connectivity index is 0.00000288. The Kier molecular flexibility index (Phi) is 9.65. The first-order valence-electron chi connectivity index (χ1n) is 8.79. The van der Waals surface area contributed by atoms with Gasteiger partial charge >= 0.3 is 0 Å². The summed E-state index contributed by atoms with van der Waals surface area (Å²) < 4.78 is 0. The van der Waals surface area contributed by atoms with Crippen LogP contribution in [-0.4, -0.2) is 54.2 Å². The second-order valence-corrected chi connectivity index (χ2v) is 6.25. The molecule has 0 unspecified atom stereocenters. The van der Waals surface area contributed by atoms with Crippen molar-refractivity contribution < 1.29 is 9.59 Å². The highest BCUT2D eigenvalue weighted by atomic mass is 35.5. The highest BCUT2D eigenvalue weighted by Crippen LogP contribution is 2.10. The molecule has 1 amide bonds. The van der Waals surface area contributed by atoms with Crippen molar-refractivity contribution in [2.45, 2.75) is 39.0 Å². The lowest BCUT2D eigenvalue weighted by Gasteiger charge is -2.34. The van der Waals surface area contributed by atoms with E-state index in [9.17, 15) is 9.59 Å². The van der Waals surface area contributed by atoms with Crippen LogP contribution in [0.25, 0.3) is 0 Å². The zero-order valence-corrected chi connectivity index (χ0v) is 15.4. The summed E-state index contributed by atoms with van der Waals surface area (Å²) in [7, 11) is 0. The van der Waals surface area contributed by atoms with Crippen molar-refractivity contribution in [3.8, 4) is 0 Å². The normalized spacial score (nSPS) is 15.0. The molecule has 1 aliphatic heterocycles. The molecular formula is C19H29ClN2O2. The average Bonchev–Trinajstić information content (AvgIpc) is 2.61. The molecule has 0 aromatic heterocycles. The molecule has 1 aromatic carbocycles. The lowest BCUT2D eigenvalue weighted by molar-refractivity contribution is -0.119. The van der Waals surface area contributed by atoms with Crippen LogP contribution in [0.15, 0.2) is 30.3 Å². The Labute approximate surface area is 151 Å². The van der Waals surface area contributed by atoms with E-state index in [-0.39, 0.29) is 18.3 Å². The average molecular weight is 353 g/mol. The van der Waals surface area contributed by atoms with Crippen molar-refractivity contribution in [1.29, 1.82) is 0 Å².